The van der Waals surface area contributed by atoms with Crippen molar-refractivity contribution in [2.75, 3.05) is 13.1 Å². The van der Waals surface area contributed by atoms with E-state index in [-0.39, 0.29) is 24.9 Å². The van der Waals surface area contributed by atoms with E-state index in [2.05, 4.69) is 11.9 Å². The van der Waals surface area contributed by atoms with Gasteiger partial charge < -0.3 is 10.2 Å². The fourth-order valence-electron chi connectivity index (χ4n) is 1.21. The molecule has 1 aliphatic heterocycles. The van der Waals surface area contributed by atoms with Gasteiger partial charge in [0.2, 0.25) is 11.8 Å². The Kier molecular flexibility index (Phi) is 2.93. The topological polar surface area (TPSA) is 49.4 Å². The predicted molar refractivity (Wildman–Crippen MR) is 49.2 cm³/mol. The first-order valence-electron chi connectivity index (χ1n) is 3.92. The summed E-state index contributed by atoms with van der Waals surface area (Å²) in [5.41, 5.74) is 0. The maximum atomic E-state index is 11.4. The van der Waals surface area contributed by atoms with Crippen LogP contribution in [-0.2, 0) is 9.59 Å². The molecule has 1 fully saturated rings. The van der Waals surface area contributed by atoms with E-state index in [1.165, 1.54) is 4.90 Å². The largest absolute Gasteiger partial charge is 0.343 e. The molecule has 13 heavy (non-hydrogen) atoms. The smallest absolute Gasteiger partial charge is 0.245 e. The summed E-state index contributed by atoms with van der Waals surface area (Å²) in [7, 11) is 0. The van der Waals surface area contributed by atoms with Crippen LogP contribution in [0, 0.1) is 0 Å². The lowest BCUT2D eigenvalue weighted by Crippen LogP contribution is -2.56. The van der Waals surface area contributed by atoms with Crippen molar-refractivity contribution in [3.8, 4) is 0 Å². The Labute approximate surface area is 81.5 Å². The molecule has 1 N–H and O–H groups in total. The highest BCUT2D eigenvalue weighted by Gasteiger charge is 2.29. The Morgan fingerprint density at radius 3 is 2.92 bits per heavy atom. The number of rotatable bonds is 2. The minimum absolute atomic E-state index is 0.0644. The van der Waals surface area contributed by atoms with E-state index in [4.69, 9.17) is 11.6 Å². The third-order valence-electron chi connectivity index (χ3n) is 1.76. The Bertz CT molecular complexity index is 263. The highest BCUT2D eigenvalue weighted by atomic mass is 35.5. The average Bonchev–Trinajstić information content (AvgIpc) is 1.98. The standard InChI is InChI=1S/C8H11ClN2O2/c1-5(9)3-11-4-7(12)10-6(2)8(11)13/h6H,1,3-4H2,2H3,(H,10,12). The van der Waals surface area contributed by atoms with Crippen LogP contribution < -0.4 is 5.32 Å². The molecule has 1 unspecified atom stereocenters. The van der Waals surface area contributed by atoms with E-state index >= 15 is 0 Å². The summed E-state index contributed by atoms with van der Waals surface area (Å²) < 4.78 is 0. The van der Waals surface area contributed by atoms with Gasteiger partial charge in [-0.25, -0.2) is 0 Å². The zero-order valence-electron chi connectivity index (χ0n) is 7.34. The van der Waals surface area contributed by atoms with Gasteiger partial charge in [0.05, 0.1) is 13.1 Å². The van der Waals surface area contributed by atoms with Crippen LogP contribution in [-0.4, -0.2) is 35.8 Å². The second-order valence-electron chi connectivity index (χ2n) is 3.00. The van der Waals surface area contributed by atoms with Crippen molar-refractivity contribution in [2.45, 2.75) is 13.0 Å². The minimum atomic E-state index is -0.461. The first kappa shape index (κ1) is 10.1. The van der Waals surface area contributed by atoms with Crippen LogP contribution in [0.25, 0.3) is 0 Å². The van der Waals surface area contributed by atoms with Crippen molar-refractivity contribution < 1.29 is 9.59 Å². The van der Waals surface area contributed by atoms with E-state index in [1.54, 1.807) is 6.92 Å². The molecule has 1 saturated heterocycles. The molecule has 0 aromatic carbocycles. The zero-order chi connectivity index (χ0) is 10.0. The molecule has 0 radical (unpaired) electrons. The number of nitrogens with zero attached hydrogens (tertiary/aromatic N) is 1. The lowest BCUT2D eigenvalue weighted by atomic mass is 10.2. The summed E-state index contributed by atoms with van der Waals surface area (Å²) in [5.74, 6) is -0.286. The summed E-state index contributed by atoms with van der Waals surface area (Å²) in [6.07, 6.45) is 0. The highest BCUT2D eigenvalue weighted by molar-refractivity contribution is 6.29. The van der Waals surface area contributed by atoms with Crippen molar-refractivity contribution in [3.05, 3.63) is 11.6 Å². The van der Waals surface area contributed by atoms with E-state index < -0.39 is 6.04 Å². The molecule has 1 rings (SSSR count). The van der Waals surface area contributed by atoms with Gasteiger partial charge >= 0.3 is 0 Å². The Balaban J connectivity index is 2.66. The molecule has 0 bridgehead atoms. The normalized spacial score (nSPS) is 22.9. The van der Waals surface area contributed by atoms with Crippen LogP contribution in [0.5, 0.6) is 0 Å². The van der Waals surface area contributed by atoms with Gasteiger partial charge in [-0.1, -0.05) is 18.2 Å². The number of piperazine rings is 1. The van der Waals surface area contributed by atoms with Crippen molar-refractivity contribution in [3.63, 3.8) is 0 Å². The Morgan fingerprint density at radius 2 is 2.38 bits per heavy atom. The lowest BCUT2D eigenvalue weighted by molar-refractivity contribution is -0.143. The van der Waals surface area contributed by atoms with Gasteiger partial charge in [-0.2, -0.15) is 0 Å². The monoisotopic (exact) mass is 202 g/mol. The van der Waals surface area contributed by atoms with Crippen LogP contribution in [0.2, 0.25) is 0 Å². The number of hydrogen-bond donors (Lipinski definition) is 1. The van der Waals surface area contributed by atoms with E-state index in [0.717, 1.165) is 0 Å². The summed E-state index contributed by atoms with van der Waals surface area (Å²) in [4.78, 5) is 23.8. The number of nitrogens with one attached hydrogen (secondary N) is 1. The summed E-state index contributed by atoms with van der Waals surface area (Å²) in [6, 6.07) is -0.461. The Hall–Kier alpha value is -1.03. The third kappa shape index (κ3) is 2.45. The fourth-order valence-corrected chi connectivity index (χ4v) is 1.36. The van der Waals surface area contributed by atoms with Gasteiger partial charge in [0.25, 0.3) is 0 Å². The molecular formula is C8H11ClN2O2. The molecule has 5 heteroatoms. The van der Waals surface area contributed by atoms with Gasteiger partial charge in [0.1, 0.15) is 6.04 Å². The second kappa shape index (κ2) is 3.79. The molecule has 2 amide bonds. The van der Waals surface area contributed by atoms with Crippen LogP contribution >= 0.6 is 11.6 Å². The van der Waals surface area contributed by atoms with Crippen LogP contribution in [0.15, 0.2) is 11.6 Å². The van der Waals surface area contributed by atoms with Gasteiger partial charge in [0, 0.05) is 5.03 Å². The molecule has 0 spiro atoms. The molecule has 0 saturated carbocycles. The number of amides is 2. The zero-order valence-corrected chi connectivity index (χ0v) is 8.10. The number of carbonyl (C=O) groups excluding carboxylic acids is 2. The summed E-state index contributed by atoms with van der Waals surface area (Å²) in [6.45, 7) is 5.41. The molecule has 0 aromatic heterocycles. The van der Waals surface area contributed by atoms with E-state index in [1.807, 2.05) is 0 Å². The van der Waals surface area contributed by atoms with Crippen molar-refractivity contribution in [2.24, 2.45) is 0 Å². The number of hydrogen-bond acceptors (Lipinski definition) is 2. The first-order chi connectivity index (χ1) is 6.00. The molecule has 1 heterocycles. The van der Waals surface area contributed by atoms with Crippen molar-refractivity contribution in [1.82, 2.24) is 10.2 Å². The number of halogens is 1. The van der Waals surface area contributed by atoms with E-state index in [9.17, 15) is 9.59 Å². The average molecular weight is 203 g/mol. The van der Waals surface area contributed by atoms with Crippen LogP contribution in [0.1, 0.15) is 6.92 Å². The Morgan fingerprint density at radius 1 is 1.77 bits per heavy atom. The maximum Gasteiger partial charge on any atom is 0.245 e. The molecule has 4 nitrogen and oxygen atoms in total. The SMILES string of the molecule is C=C(Cl)CN1CC(=O)NC(C)C1=O. The molecule has 0 aliphatic carbocycles. The highest BCUT2D eigenvalue weighted by Crippen LogP contribution is 2.06. The fraction of sp³-hybridized carbons (Fsp3) is 0.500. The van der Waals surface area contributed by atoms with Crippen molar-refractivity contribution in [1.29, 1.82) is 0 Å². The molecule has 72 valence electrons. The third-order valence-corrected chi connectivity index (χ3v) is 1.88. The maximum absolute atomic E-state index is 11.4. The lowest BCUT2D eigenvalue weighted by Gasteiger charge is -2.30. The molecule has 1 aliphatic rings. The predicted octanol–water partition coefficient (Wildman–Crippen LogP) is 0.0858. The molecular weight excluding hydrogens is 192 g/mol. The van der Waals surface area contributed by atoms with Gasteiger partial charge in [-0.05, 0) is 6.92 Å². The van der Waals surface area contributed by atoms with E-state index in [0.29, 0.717) is 5.03 Å². The number of carbonyl (C=O) groups is 2. The minimum Gasteiger partial charge on any atom is -0.343 e. The van der Waals surface area contributed by atoms with Crippen LogP contribution in [0.3, 0.4) is 0 Å². The van der Waals surface area contributed by atoms with Gasteiger partial charge in [0.15, 0.2) is 0 Å². The summed E-state index contributed by atoms with van der Waals surface area (Å²) in [5, 5.41) is 2.89. The van der Waals surface area contributed by atoms with Gasteiger partial charge in [-0.15, -0.1) is 0 Å². The first-order valence-corrected chi connectivity index (χ1v) is 4.30. The molecule has 0 aromatic rings. The van der Waals surface area contributed by atoms with Gasteiger partial charge in [-0.3, -0.25) is 9.59 Å². The molecule has 1 atom stereocenters. The van der Waals surface area contributed by atoms with Crippen molar-refractivity contribution >= 4 is 23.4 Å². The van der Waals surface area contributed by atoms with Crippen LogP contribution in [0.4, 0.5) is 0 Å². The quantitative estimate of drug-likeness (QED) is 0.690. The second-order valence-corrected chi connectivity index (χ2v) is 3.54. The summed E-state index contributed by atoms with van der Waals surface area (Å²) >= 11 is 5.55.